The third kappa shape index (κ3) is 2.34. The number of rotatable bonds is 3. The second-order valence-electron chi connectivity index (χ2n) is 5.17. The zero-order chi connectivity index (χ0) is 13.1. The zero-order valence-electron chi connectivity index (χ0n) is 10.9. The van der Waals surface area contributed by atoms with Crippen molar-refractivity contribution in [1.82, 2.24) is 0 Å². The molecule has 0 spiro atoms. The summed E-state index contributed by atoms with van der Waals surface area (Å²) in [5.41, 5.74) is 9.24. The first-order valence-electron chi connectivity index (χ1n) is 6.74. The smallest absolute Gasteiger partial charge is 0.0475 e. The van der Waals surface area contributed by atoms with Crippen LogP contribution >= 0.6 is 11.3 Å². The molecule has 0 radical (unpaired) electrons. The topological polar surface area (TPSA) is 35.2 Å². The van der Waals surface area contributed by atoms with Gasteiger partial charge in [-0.05, 0) is 40.8 Å². The van der Waals surface area contributed by atoms with Crippen molar-refractivity contribution >= 4 is 11.3 Å². The van der Waals surface area contributed by atoms with Gasteiger partial charge < -0.3 is 10.5 Å². The Bertz CT molecular complexity index is 503. The van der Waals surface area contributed by atoms with E-state index < -0.39 is 0 Å². The van der Waals surface area contributed by atoms with E-state index in [0.29, 0.717) is 0 Å². The molecule has 2 nitrogen and oxygen atoms in total. The van der Waals surface area contributed by atoms with E-state index in [1.165, 1.54) is 11.1 Å². The molecule has 0 aliphatic carbocycles. The molecule has 1 saturated heterocycles. The van der Waals surface area contributed by atoms with E-state index in [0.717, 1.165) is 26.1 Å². The lowest BCUT2D eigenvalue weighted by Gasteiger charge is -2.42. The van der Waals surface area contributed by atoms with Gasteiger partial charge in [0.15, 0.2) is 0 Å². The Morgan fingerprint density at radius 1 is 1.11 bits per heavy atom. The maximum Gasteiger partial charge on any atom is 0.0475 e. The third-order valence-corrected chi connectivity index (χ3v) is 4.93. The molecular weight excluding hydrogens is 254 g/mol. The highest BCUT2D eigenvalue weighted by atomic mass is 32.1. The van der Waals surface area contributed by atoms with Gasteiger partial charge in [0, 0.05) is 24.7 Å². The van der Waals surface area contributed by atoms with Crippen LogP contribution in [0.4, 0.5) is 0 Å². The zero-order valence-corrected chi connectivity index (χ0v) is 11.7. The molecule has 3 heteroatoms. The molecular formula is C16H19NOS. The maximum atomic E-state index is 6.63. The summed E-state index contributed by atoms with van der Waals surface area (Å²) in [5, 5.41) is 4.28. The summed E-state index contributed by atoms with van der Waals surface area (Å²) >= 11 is 1.71. The molecule has 0 amide bonds. The summed E-state index contributed by atoms with van der Waals surface area (Å²) in [5.74, 6) is 0. The molecule has 2 N–H and O–H groups in total. The summed E-state index contributed by atoms with van der Waals surface area (Å²) in [6.07, 6.45) is 1.99. The van der Waals surface area contributed by atoms with Gasteiger partial charge in [-0.1, -0.05) is 30.3 Å². The van der Waals surface area contributed by atoms with Crippen molar-refractivity contribution in [2.45, 2.75) is 24.3 Å². The van der Waals surface area contributed by atoms with Gasteiger partial charge in [0.2, 0.25) is 0 Å². The van der Waals surface area contributed by atoms with Gasteiger partial charge >= 0.3 is 0 Å². The average molecular weight is 273 g/mol. The van der Waals surface area contributed by atoms with Crippen molar-refractivity contribution in [1.29, 1.82) is 0 Å². The normalized spacial score (nSPS) is 20.1. The fourth-order valence-corrected chi connectivity index (χ4v) is 3.75. The molecule has 19 heavy (non-hydrogen) atoms. The van der Waals surface area contributed by atoms with Crippen molar-refractivity contribution < 1.29 is 4.74 Å². The van der Waals surface area contributed by atoms with Gasteiger partial charge in [0.25, 0.3) is 0 Å². The highest BCUT2D eigenvalue weighted by Crippen LogP contribution is 2.44. The monoisotopic (exact) mass is 273 g/mol. The fourth-order valence-electron chi connectivity index (χ4n) is 3.06. The first-order chi connectivity index (χ1) is 9.33. The molecule has 2 aromatic rings. The van der Waals surface area contributed by atoms with Gasteiger partial charge in [-0.25, -0.2) is 0 Å². The Morgan fingerprint density at radius 2 is 1.84 bits per heavy atom. The summed E-state index contributed by atoms with van der Waals surface area (Å²) < 4.78 is 5.56. The van der Waals surface area contributed by atoms with E-state index in [1.54, 1.807) is 11.3 Å². The largest absolute Gasteiger partial charge is 0.381 e. The molecule has 1 fully saturated rings. The number of hydrogen-bond acceptors (Lipinski definition) is 3. The van der Waals surface area contributed by atoms with Crippen LogP contribution in [0.5, 0.6) is 0 Å². The van der Waals surface area contributed by atoms with Crippen LogP contribution in [0.25, 0.3) is 0 Å². The van der Waals surface area contributed by atoms with Gasteiger partial charge in [0.05, 0.1) is 0 Å². The lowest BCUT2D eigenvalue weighted by atomic mass is 9.67. The Morgan fingerprint density at radius 3 is 2.47 bits per heavy atom. The van der Waals surface area contributed by atoms with Crippen LogP contribution in [-0.2, 0) is 10.2 Å². The van der Waals surface area contributed by atoms with Crippen LogP contribution in [-0.4, -0.2) is 13.2 Å². The Kier molecular flexibility index (Phi) is 3.69. The first-order valence-corrected chi connectivity index (χ1v) is 7.68. The second kappa shape index (κ2) is 5.45. The Hall–Kier alpha value is -1.16. The molecule has 1 aromatic heterocycles. The van der Waals surface area contributed by atoms with Gasteiger partial charge in [-0.15, -0.1) is 0 Å². The number of hydrogen-bond donors (Lipinski definition) is 1. The minimum atomic E-state index is 0.0145. The van der Waals surface area contributed by atoms with Gasteiger partial charge in [-0.2, -0.15) is 11.3 Å². The van der Waals surface area contributed by atoms with Crippen molar-refractivity contribution in [2.75, 3.05) is 13.2 Å². The molecule has 1 aliphatic rings. The highest BCUT2D eigenvalue weighted by molar-refractivity contribution is 7.07. The number of thiophene rings is 1. The van der Waals surface area contributed by atoms with Crippen LogP contribution < -0.4 is 5.73 Å². The third-order valence-electron chi connectivity index (χ3n) is 4.23. The molecule has 0 saturated carbocycles. The SMILES string of the molecule is NC(c1ccsc1)C1(c2ccccc2)CCOCC1. The van der Waals surface area contributed by atoms with E-state index >= 15 is 0 Å². The maximum absolute atomic E-state index is 6.63. The van der Waals surface area contributed by atoms with Crippen molar-refractivity contribution in [3.8, 4) is 0 Å². The van der Waals surface area contributed by atoms with E-state index in [9.17, 15) is 0 Å². The van der Waals surface area contributed by atoms with Gasteiger partial charge in [-0.3, -0.25) is 0 Å². The molecule has 1 atom stereocenters. The minimum Gasteiger partial charge on any atom is -0.381 e. The van der Waals surface area contributed by atoms with E-state index in [2.05, 4.69) is 47.2 Å². The van der Waals surface area contributed by atoms with Crippen LogP contribution in [0.1, 0.15) is 30.0 Å². The van der Waals surface area contributed by atoms with Crippen LogP contribution in [0.15, 0.2) is 47.2 Å². The lowest BCUT2D eigenvalue weighted by Crippen LogP contribution is -2.43. The molecule has 1 aromatic carbocycles. The van der Waals surface area contributed by atoms with Crippen LogP contribution in [0.2, 0.25) is 0 Å². The van der Waals surface area contributed by atoms with Crippen molar-refractivity contribution in [3.63, 3.8) is 0 Å². The predicted octanol–water partition coefficient (Wildman–Crippen LogP) is 3.50. The Balaban J connectivity index is 2.02. The minimum absolute atomic E-state index is 0.0145. The van der Waals surface area contributed by atoms with Gasteiger partial charge in [0.1, 0.15) is 0 Å². The summed E-state index contributed by atoms with van der Waals surface area (Å²) in [6.45, 7) is 1.60. The molecule has 2 heterocycles. The van der Waals surface area contributed by atoms with Crippen LogP contribution in [0.3, 0.4) is 0 Å². The quantitative estimate of drug-likeness (QED) is 0.929. The average Bonchev–Trinajstić information content (AvgIpc) is 3.02. The molecule has 3 rings (SSSR count). The molecule has 1 unspecified atom stereocenters. The predicted molar refractivity (Wildman–Crippen MR) is 79.4 cm³/mol. The number of ether oxygens (including phenoxy) is 1. The summed E-state index contributed by atoms with van der Waals surface area (Å²) in [6, 6.07) is 12.9. The lowest BCUT2D eigenvalue weighted by molar-refractivity contribution is 0.0398. The fraction of sp³-hybridized carbons (Fsp3) is 0.375. The highest BCUT2D eigenvalue weighted by Gasteiger charge is 2.40. The Labute approximate surface area is 118 Å². The van der Waals surface area contributed by atoms with Crippen LogP contribution in [0, 0.1) is 0 Å². The van der Waals surface area contributed by atoms with E-state index in [1.807, 2.05) is 0 Å². The van der Waals surface area contributed by atoms with Crippen molar-refractivity contribution in [3.05, 3.63) is 58.3 Å². The first kappa shape index (κ1) is 12.9. The standard InChI is InChI=1S/C16H19NOS/c17-15(13-6-11-19-12-13)16(7-9-18-10-8-16)14-4-2-1-3-5-14/h1-6,11-12,15H,7-10,17H2. The van der Waals surface area contributed by atoms with E-state index in [4.69, 9.17) is 10.5 Å². The molecule has 1 aliphatic heterocycles. The molecule has 100 valence electrons. The van der Waals surface area contributed by atoms with E-state index in [-0.39, 0.29) is 11.5 Å². The summed E-state index contributed by atoms with van der Waals surface area (Å²) in [7, 11) is 0. The number of benzene rings is 1. The molecule has 0 bridgehead atoms. The summed E-state index contributed by atoms with van der Waals surface area (Å²) in [4.78, 5) is 0. The van der Waals surface area contributed by atoms with Crippen molar-refractivity contribution in [2.24, 2.45) is 5.73 Å². The number of nitrogens with two attached hydrogens (primary N) is 1. The second-order valence-corrected chi connectivity index (χ2v) is 5.95.